The number of nitriles is 1. The highest BCUT2D eigenvalue weighted by molar-refractivity contribution is 6.21. The number of nitrogens with zero attached hydrogens (tertiary/aromatic N) is 3. The summed E-state index contributed by atoms with van der Waals surface area (Å²) < 4.78 is 22.0. The SMILES string of the molecule is COCCC1(Oc2ccc(Oc3ccc(-c4noc(-c5ccccc5C#N)n4)cc3)cc2)C(=O)NC(=O)NC1=O. The van der Waals surface area contributed by atoms with Crippen LogP contribution in [0.2, 0.25) is 0 Å². The number of methoxy groups -OCH3 is 1. The van der Waals surface area contributed by atoms with E-state index in [2.05, 4.69) is 26.8 Å². The Morgan fingerprint density at radius 1 is 0.900 bits per heavy atom. The van der Waals surface area contributed by atoms with E-state index in [0.717, 1.165) is 0 Å². The second kappa shape index (κ2) is 11.1. The molecule has 4 aromatic rings. The molecule has 12 heteroatoms. The van der Waals surface area contributed by atoms with E-state index >= 15 is 0 Å². The third kappa shape index (κ3) is 5.22. The predicted octanol–water partition coefficient (Wildman–Crippen LogP) is 3.59. The Labute approximate surface area is 227 Å². The second-order valence-electron chi connectivity index (χ2n) is 8.59. The molecule has 0 atom stereocenters. The van der Waals surface area contributed by atoms with E-state index < -0.39 is 23.4 Å². The Morgan fingerprint density at radius 2 is 1.52 bits per heavy atom. The van der Waals surface area contributed by atoms with Gasteiger partial charge >= 0.3 is 6.03 Å². The molecule has 1 fully saturated rings. The average molecular weight is 540 g/mol. The molecular weight excluding hydrogens is 518 g/mol. The quantitative estimate of drug-likeness (QED) is 0.300. The van der Waals surface area contributed by atoms with Crippen LogP contribution in [0.1, 0.15) is 12.0 Å². The van der Waals surface area contributed by atoms with Gasteiger partial charge < -0.3 is 18.7 Å². The minimum Gasteiger partial charge on any atom is -0.467 e. The third-order valence-electron chi connectivity index (χ3n) is 6.01. The van der Waals surface area contributed by atoms with Crippen molar-refractivity contribution in [2.24, 2.45) is 0 Å². The molecule has 1 aliphatic rings. The summed E-state index contributed by atoms with van der Waals surface area (Å²) >= 11 is 0. The van der Waals surface area contributed by atoms with Crippen molar-refractivity contribution in [1.82, 2.24) is 20.8 Å². The molecule has 5 rings (SSSR count). The molecule has 1 aromatic heterocycles. The summed E-state index contributed by atoms with van der Waals surface area (Å²) in [6.45, 7) is 0.0462. The van der Waals surface area contributed by atoms with Crippen LogP contribution in [-0.4, -0.2) is 47.3 Å². The lowest BCUT2D eigenvalue weighted by Gasteiger charge is -2.34. The van der Waals surface area contributed by atoms with E-state index in [1.165, 1.54) is 19.2 Å². The molecular formula is C28H21N5O7. The first kappa shape index (κ1) is 26.1. The van der Waals surface area contributed by atoms with Gasteiger partial charge in [-0.25, -0.2) is 4.79 Å². The Hall–Kier alpha value is -5.54. The minimum atomic E-state index is -1.96. The van der Waals surface area contributed by atoms with Gasteiger partial charge in [0, 0.05) is 19.1 Å². The van der Waals surface area contributed by atoms with Crippen LogP contribution < -0.4 is 20.1 Å². The molecule has 12 nitrogen and oxygen atoms in total. The fraction of sp³-hybridized carbons (Fsp3) is 0.143. The van der Waals surface area contributed by atoms with E-state index in [1.54, 1.807) is 60.7 Å². The normalized spacial score (nSPS) is 14.2. The van der Waals surface area contributed by atoms with Crippen LogP contribution in [0.15, 0.2) is 77.3 Å². The van der Waals surface area contributed by atoms with Crippen molar-refractivity contribution in [2.75, 3.05) is 13.7 Å². The highest BCUT2D eigenvalue weighted by atomic mass is 16.5. The van der Waals surface area contributed by atoms with E-state index in [0.29, 0.717) is 34.0 Å². The lowest BCUT2D eigenvalue weighted by molar-refractivity contribution is -0.153. The van der Waals surface area contributed by atoms with Crippen LogP contribution in [0.5, 0.6) is 17.2 Å². The number of rotatable bonds is 9. The van der Waals surface area contributed by atoms with Crippen molar-refractivity contribution < 1.29 is 33.1 Å². The summed E-state index contributed by atoms with van der Waals surface area (Å²) in [5.74, 6) is 0.0582. The molecule has 3 aromatic carbocycles. The number of urea groups is 1. The molecule has 0 saturated carbocycles. The third-order valence-corrected chi connectivity index (χ3v) is 6.01. The smallest absolute Gasteiger partial charge is 0.328 e. The zero-order valence-corrected chi connectivity index (χ0v) is 21.0. The number of hydrogen-bond donors (Lipinski definition) is 2. The van der Waals surface area contributed by atoms with Crippen molar-refractivity contribution in [3.8, 4) is 46.2 Å². The van der Waals surface area contributed by atoms with Gasteiger partial charge in [0.1, 0.15) is 17.2 Å². The maximum absolute atomic E-state index is 12.6. The predicted molar refractivity (Wildman–Crippen MR) is 138 cm³/mol. The Bertz CT molecular complexity index is 1590. The topological polar surface area (TPSA) is 166 Å². The van der Waals surface area contributed by atoms with E-state index in [-0.39, 0.29) is 24.7 Å². The molecule has 1 saturated heterocycles. The molecule has 200 valence electrons. The van der Waals surface area contributed by atoms with Gasteiger partial charge in [-0.2, -0.15) is 10.2 Å². The van der Waals surface area contributed by atoms with Gasteiger partial charge in [0.25, 0.3) is 23.3 Å². The van der Waals surface area contributed by atoms with E-state index in [4.69, 9.17) is 18.7 Å². The molecule has 40 heavy (non-hydrogen) atoms. The number of ether oxygens (including phenoxy) is 3. The fourth-order valence-corrected chi connectivity index (χ4v) is 3.96. The number of imide groups is 2. The summed E-state index contributed by atoms with van der Waals surface area (Å²) in [7, 11) is 1.42. The number of aromatic nitrogens is 2. The van der Waals surface area contributed by atoms with Crippen LogP contribution in [-0.2, 0) is 14.3 Å². The van der Waals surface area contributed by atoms with Crippen molar-refractivity contribution in [2.45, 2.75) is 12.0 Å². The lowest BCUT2D eigenvalue weighted by atomic mass is 9.95. The lowest BCUT2D eigenvalue weighted by Crippen LogP contribution is -2.69. The molecule has 0 spiro atoms. The van der Waals surface area contributed by atoms with Gasteiger partial charge in [-0.3, -0.25) is 20.2 Å². The number of carbonyl (C=O) groups is 3. The van der Waals surface area contributed by atoms with Gasteiger partial charge in [0.05, 0.1) is 23.8 Å². The molecule has 4 amide bonds. The molecule has 2 N–H and O–H groups in total. The average Bonchev–Trinajstić information content (AvgIpc) is 3.46. The molecule has 1 aliphatic heterocycles. The van der Waals surface area contributed by atoms with Gasteiger partial charge in [0.2, 0.25) is 5.82 Å². The Balaban J connectivity index is 1.27. The number of benzene rings is 3. The first-order chi connectivity index (χ1) is 19.4. The monoisotopic (exact) mass is 539 g/mol. The van der Waals surface area contributed by atoms with Crippen LogP contribution in [0.3, 0.4) is 0 Å². The first-order valence-corrected chi connectivity index (χ1v) is 12.0. The largest absolute Gasteiger partial charge is 0.467 e. The number of hydrogen-bond acceptors (Lipinski definition) is 10. The van der Waals surface area contributed by atoms with Crippen molar-refractivity contribution in [3.63, 3.8) is 0 Å². The molecule has 0 bridgehead atoms. The van der Waals surface area contributed by atoms with Gasteiger partial charge in [0.15, 0.2) is 0 Å². The molecule has 0 unspecified atom stereocenters. The summed E-state index contributed by atoms with van der Waals surface area (Å²) in [4.78, 5) is 41.0. The number of nitrogens with one attached hydrogen (secondary N) is 2. The van der Waals surface area contributed by atoms with Crippen LogP contribution in [0.4, 0.5) is 4.79 Å². The van der Waals surface area contributed by atoms with Gasteiger partial charge in [-0.15, -0.1) is 0 Å². The zero-order chi connectivity index (χ0) is 28.1. The maximum Gasteiger partial charge on any atom is 0.328 e. The van der Waals surface area contributed by atoms with Crippen molar-refractivity contribution in [3.05, 3.63) is 78.4 Å². The number of amides is 4. The standard InChI is InChI=1S/C28H21N5O7/c1-37-15-14-28(25(34)31-27(36)32-26(28)35)39-21-12-10-20(11-13-21)38-19-8-6-17(7-9-19)23-30-24(40-33-23)22-5-3-2-4-18(22)16-29/h2-13H,14-15H2,1H3,(H2,31,32,34,35,36). The van der Waals surface area contributed by atoms with Gasteiger partial charge in [-0.1, -0.05) is 17.3 Å². The van der Waals surface area contributed by atoms with Crippen molar-refractivity contribution >= 4 is 17.8 Å². The molecule has 0 radical (unpaired) electrons. The first-order valence-electron chi connectivity index (χ1n) is 12.0. The fourth-order valence-electron chi connectivity index (χ4n) is 3.96. The number of carbonyl (C=O) groups excluding carboxylic acids is 3. The molecule has 2 heterocycles. The summed E-state index contributed by atoms with van der Waals surface area (Å²) in [6, 6.07) is 21.4. The maximum atomic E-state index is 12.6. The van der Waals surface area contributed by atoms with Crippen LogP contribution >= 0.6 is 0 Å². The summed E-state index contributed by atoms with van der Waals surface area (Å²) in [6.07, 6.45) is -0.105. The van der Waals surface area contributed by atoms with E-state index in [1.807, 2.05) is 0 Å². The van der Waals surface area contributed by atoms with Crippen LogP contribution in [0, 0.1) is 11.3 Å². The summed E-state index contributed by atoms with van der Waals surface area (Å²) in [5.41, 5.74) is -0.292. The zero-order valence-electron chi connectivity index (χ0n) is 21.0. The van der Waals surface area contributed by atoms with Gasteiger partial charge in [-0.05, 0) is 60.7 Å². The van der Waals surface area contributed by atoms with Crippen LogP contribution in [0.25, 0.3) is 22.8 Å². The Morgan fingerprint density at radius 3 is 2.17 bits per heavy atom. The van der Waals surface area contributed by atoms with Crippen molar-refractivity contribution in [1.29, 1.82) is 5.26 Å². The second-order valence-corrected chi connectivity index (χ2v) is 8.59. The highest BCUT2D eigenvalue weighted by Gasteiger charge is 2.52. The highest BCUT2D eigenvalue weighted by Crippen LogP contribution is 2.30. The summed E-state index contributed by atoms with van der Waals surface area (Å²) in [5, 5.41) is 17.4. The minimum absolute atomic E-state index is 0.0462. The number of barbiturate groups is 1. The molecule has 0 aliphatic carbocycles. The Kier molecular flexibility index (Phi) is 7.21. The van der Waals surface area contributed by atoms with E-state index in [9.17, 15) is 19.6 Å².